The summed E-state index contributed by atoms with van der Waals surface area (Å²) in [6.45, 7) is -0.309. The Kier molecular flexibility index (Phi) is 4.75. The highest BCUT2D eigenvalue weighted by atomic mass is 16.2. The van der Waals surface area contributed by atoms with Gasteiger partial charge in [-0.15, -0.1) is 0 Å². The molecule has 5 nitrogen and oxygen atoms in total. The Hall–Kier alpha value is -2.32. The molecule has 0 atom stereocenters. The van der Waals surface area contributed by atoms with Crippen LogP contribution in [-0.4, -0.2) is 36.1 Å². The molecule has 0 aromatic heterocycles. The zero-order valence-electron chi connectivity index (χ0n) is 11.0. The van der Waals surface area contributed by atoms with Gasteiger partial charge in [-0.25, -0.2) is 0 Å². The minimum Gasteiger partial charge on any atom is -0.384 e. The zero-order chi connectivity index (χ0) is 14.4. The van der Waals surface area contributed by atoms with Gasteiger partial charge in [0.05, 0.1) is 12.1 Å². The van der Waals surface area contributed by atoms with E-state index >= 15 is 0 Å². The Morgan fingerprint density at radius 2 is 2.05 bits per heavy atom. The third-order valence-corrected chi connectivity index (χ3v) is 2.83. The minimum atomic E-state index is -0.348. The van der Waals surface area contributed by atoms with E-state index in [1.54, 1.807) is 24.3 Å². The van der Waals surface area contributed by atoms with Crippen molar-refractivity contribution < 1.29 is 14.7 Å². The Labute approximate surface area is 117 Å². The second-order valence-corrected chi connectivity index (χ2v) is 4.53. The van der Waals surface area contributed by atoms with E-state index in [2.05, 4.69) is 22.5 Å². The minimum absolute atomic E-state index is 0.0445. The van der Waals surface area contributed by atoms with Crippen LogP contribution in [0.2, 0.25) is 0 Å². The molecule has 1 aromatic carbocycles. The number of hydrogen-bond acceptors (Lipinski definition) is 3. The van der Waals surface area contributed by atoms with E-state index in [0.717, 1.165) is 12.8 Å². The van der Waals surface area contributed by atoms with Crippen LogP contribution >= 0.6 is 0 Å². The first-order valence-corrected chi connectivity index (χ1v) is 6.47. The molecule has 0 aliphatic heterocycles. The molecular formula is C15H16N2O3. The average Bonchev–Trinajstić information content (AvgIpc) is 3.26. The lowest BCUT2D eigenvalue weighted by Gasteiger charge is -2.07. The summed E-state index contributed by atoms with van der Waals surface area (Å²) >= 11 is 0. The summed E-state index contributed by atoms with van der Waals surface area (Å²) in [5.41, 5.74) is 0.925. The molecule has 0 spiro atoms. The second kappa shape index (κ2) is 6.73. The number of aliphatic hydroxyl groups excluding tert-OH is 1. The largest absolute Gasteiger partial charge is 0.384 e. The van der Waals surface area contributed by atoms with Crippen LogP contribution < -0.4 is 10.6 Å². The lowest BCUT2D eigenvalue weighted by Crippen LogP contribution is -2.38. The van der Waals surface area contributed by atoms with Crippen molar-refractivity contribution in [3.63, 3.8) is 0 Å². The maximum atomic E-state index is 12.0. The number of amides is 2. The molecule has 1 aromatic rings. The predicted molar refractivity (Wildman–Crippen MR) is 73.9 cm³/mol. The van der Waals surface area contributed by atoms with Crippen molar-refractivity contribution in [3.05, 3.63) is 35.4 Å². The van der Waals surface area contributed by atoms with Crippen LogP contribution in [0.5, 0.6) is 0 Å². The van der Waals surface area contributed by atoms with Gasteiger partial charge < -0.3 is 15.7 Å². The van der Waals surface area contributed by atoms with E-state index in [-0.39, 0.29) is 31.0 Å². The van der Waals surface area contributed by atoms with Crippen LogP contribution in [0.3, 0.4) is 0 Å². The van der Waals surface area contributed by atoms with Crippen LogP contribution in [0, 0.1) is 11.8 Å². The molecule has 104 valence electrons. The van der Waals surface area contributed by atoms with Gasteiger partial charge in [0.1, 0.15) is 6.61 Å². The van der Waals surface area contributed by atoms with Crippen molar-refractivity contribution in [2.75, 3.05) is 13.2 Å². The molecule has 0 bridgehead atoms. The fourth-order valence-electron chi connectivity index (χ4n) is 1.69. The zero-order valence-corrected chi connectivity index (χ0v) is 11.0. The Bertz CT molecular complexity index is 568. The van der Waals surface area contributed by atoms with Crippen LogP contribution in [0.25, 0.3) is 0 Å². The lowest BCUT2D eigenvalue weighted by molar-refractivity contribution is -0.120. The number of aliphatic hydroxyl groups is 1. The van der Waals surface area contributed by atoms with Crippen molar-refractivity contribution in [1.29, 1.82) is 0 Å². The molecule has 3 N–H and O–H groups in total. The highest BCUT2D eigenvalue weighted by Gasteiger charge is 2.23. The summed E-state index contributed by atoms with van der Waals surface area (Å²) in [5.74, 6) is 4.69. The van der Waals surface area contributed by atoms with Crippen LogP contribution in [0.15, 0.2) is 24.3 Å². The third-order valence-electron chi connectivity index (χ3n) is 2.83. The molecule has 20 heavy (non-hydrogen) atoms. The molecule has 2 amide bonds. The van der Waals surface area contributed by atoms with E-state index < -0.39 is 0 Å². The molecule has 0 saturated heterocycles. The molecule has 1 aliphatic rings. The van der Waals surface area contributed by atoms with Crippen LogP contribution in [-0.2, 0) is 4.79 Å². The van der Waals surface area contributed by atoms with Gasteiger partial charge in [-0.2, -0.15) is 0 Å². The van der Waals surface area contributed by atoms with Crippen LogP contribution in [0.4, 0.5) is 0 Å². The first-order chi connectivity index (χ1) is 9.70. The first kappa shape index (κ1) is 14.1. The van der Waals surface area contributed by atoms with Gasteiger partial charge >= 0.3 is 0 Å². The monoisotopic (exact) mass is 272 g/mol. The molecule has 1 aliphatic carbocycles. The maximum absolute atomic E-state index is 12.0. The fourth-order valence-corrected chi connectivity index (χ4v) is 1.69. The molecule has 2 rings (SSSR count). The average molecular weight is 272 g/mol. The smallest absolute Gasteiger partial charge is 0.252 e. The van der Waals surface area contributed by atoms with E-state index in [1.165, 1.54) is 0 Å². The van der Waals surface area contributed by atoms with Gasteiger partial charge in [0.25, 0.3) is 5.91 Å². The first-order valence-electron chi connectivity index (χ1n) is 6.47. The van der Waals surface area contributed by atoms with E-state index in [0.29, 0.717) is 11.1 Å². The number of carbonyl (C=O) groups is 2. The van der Waals surface area contributed by atoms with Gasteiger partial charge in [0.15, 0.2) is 0 Å². The summed E-state index contributed by atoms with van der Waals surface area (Å²) < 4.78 is 0. The molecule has 0 heterocycles. The normalized spacial score (nSPS) is 13.1. The molecule has 0 radical (unpaired) electrons. The summed E-state index contributed by atoms with van der Waals surface area (Å²) in [6, 6.07) is 7.10. The van der Waals surface area contributed by atoms with E-state index in [4.69, 9.17) is 5.11 Å². The molecule has 5 heteroatoms. The Morgan fingerprint density at radius 3 is 2.75 bits per heavy atom. The number of nitrogens with one attached hydrogen (secondary N) is 2. The number of hydrogen-bond donors (Lipinski definition) is 3. The topological polar surface area (TPSA) is 78.4 Å². The molecule has 1 saturated carbocycles. The third kappa shape index (κ3) is 4.11. The Morgan fingerprint density at radius 1 is 1.30 bits per heavy atom. The van der Waals surface area contributed by atoms with Crippen molar-refractivity contribution in [3.8, 4) is 11.8 Å². The lowest BCUT2D eigenvalue weighted by atomic mass is 10.1. The number of benzene rings is 1. The van der Waals surface area contributed by atoms with Crippen LogP contribution in [0.1, 0.15) is 28.8 Å². The van der Waals surface area contributed by atoms with E-state index in [1.807, 2.05) is 0 Å². The number of carbonyl (C=O) groups excluding carboxylic acids is 2. The molecule has 1 fully saturated rings. The van der Waals surface area contributed by atoms with Gasteiger partial charge in [0.2, 0.25) is 5.91 Å². The van der Waals surface area contributed by atoms with Gasteiger partial charge in [-0.05, 0) is 25.0 Å². The Balaban J connectivity index is 1.95. The summed E-state index contributed by atoms with van der Waals surface area (Å²) in [7, 11) is 0. The van der Waals surface area contributed by atoms with Crippen molar-refractivity contribution >= 4 is 11.8 Å². The SMILES string of the molecule is O=C(CNC(=O)c1ccccc1C#CCO)NC1CC1. The summed E-state index contributed by atoms with van der Waals surface area (Å²) in [4.78, 5) is 23.5. The predicted octanol–water partition coefficient (Wildman–Crippen LogP) is 0.0388. The molecular weight excluding hydrogens is 256 g/mol. The highest BCUT2D eigenvalue weighted by molar-refractivity contribution is 5.98. The van der Waals surface area contributed by atoms with E-state index in [9.17, 15) is 9.59 Å². The summed E-state index contributed by atoms with van der Waals surface area (Å²) in [6.07, 6.45) is 2.03. The standard InChI is InChI=1S/C15H16N2O3/c18-9-3-5-11-4-1-2-6-13(11)15(20)16-10-14(19)17-12-7-8-12/h1-2,4,6,12,18H,7-10H2,(H,16,20)(H,17,19). The van der Waals surface area contributed by atoms with Gasteiger partial charge in [-0.1, -0.05) is 24.0 Å². The van der Waals surface area contributed by atoms with Crippen molar-refractivity contribution in [2.24, 2.45) is 0 Å². The summed E-state index contributed by atoms with van der Waals surface area (Å²) in [5, 5.41) is 14.1. The quantitative estimate of drug-likeness (QED) is 0.677. The molecule has 0 unspecified atom stereocenters. The fraction of sp³-hybridized carbons (Fsp3) is 0.333. The second-order valence-electron chi connectivity index (χ2n) is 4.53. The van der Waals surface area contributed by atoms with Gasteiger partial charge in [-0.3, -0.25) is 9.59 Å². The van der Waals surface area contributed by atoms with Crippen molar-refractivity contribution in [2.45, 2.75) is 18.9 Å². The highest BCUT2D eigenvalue weighted by Crippen LogP contribution is 2.18. The van der Waals surface area contributed by atoms with Gasteiger partial charge in [0, 0.05) is 11.6 Å². The number of rotatable bonds is 4. The maximum Gasteiger partial charge on any atom is 0.252 e. The van der Waals surface area contributed by atoms with Crippen molar-refractivity contribution in [1.82, 2.24) is 10.6 Å².